The van der Waals surface area contributed by atoms with Crippen LogP contribution in [0, 0.1) is 5.41 Å². The van der Waals surface area contributed by atoms with Crippen LogP contribution in [0.25, 0.3) is 0 Å². The summed E-state index contributed by atoms with van der Waals surface area (Å²) in [4.78, 5) is 2.33. The fourth-order valence-corrected chi connectivity index (χ4v) is 1.87. The van der Waals surface area contributed by atoms with E-state index in [0.717, 1.165) is 12.3 Å². The average molecular weight is 219 g/mol. The van der Waals surface area contributed by atoms with E-state index in [1.165, 1.54) is 5.57 Å². The Balaban J connectivity index is 2.22. The van der Waals surface area contributed by atoms with Gasteiger partial charge in [0.25, 0.3) is 0 Å². The quantitative estimate of drug-likeness (QED) is 0.672. The maximum Gasteiger partial charge on any atom is 0.142 e. The molecule has 2 heteroatoms. The third-order valence-corrected chi connectivity index (χ3v) is 3.18. The second-order valence-electron chi connectivity index (χ2n) is 5.49. The zero-order valence-electron chi connectivity index (χ0n) is 10.7. The van der Waals surface area contributed by atoms with Crippen molar-refractivity contribution in [3.63, 3.8) is 0 Å². The van der Waals surface area contributed by atoms with Crippen molar-refractivity contribution >= 4 is 0 Å². The molecule has 0 aromatic heterocycles. The maximum absolute atomic E-state index is 5.80. The van der Waals surface area contributed by atoms with Crippen LogP contribution < -0.4 is 0 Å². The van der Waals surface area contributed by atoms with Crippen LogP contribution in [0.5, 0.6) is 0 Å². The molecule has 1 aliphatic heterocycles. The van der Waals surface area contributed by atoms with Crippen molar-refractivity contribution in [2.24, 2.45) is 5.41 Å². The van der Waals surface area contributed by atoms with Crippen molar-refractivity contribution in [1.82, 2.24) is 4.90 Å². The van der Waals surface area contributed by atoms with Gasteiger partial charge in [-0.1, -0.05) is 32.1 Å². The molecular formula is C14H21NO. The van der Waals surface area contributed by atoms with Gasteiger partial charge in [-0.15, -0.1) is 0 Å². The Hall–Kier alpha value is -1.02. The molecule has 2 rings (SSSR count). The second kappa shape index (κ2) is 4.10. The van der Waals surface area contributed by atoms with Gasteiger partial charge in [0.15, 0.2) is 0 Å². The molecule has 0 aromatic carbocycles. The zero-order chi connectivity index (χ0) is 11.8. The summed E-state index contributed by atoms with van der Waals surface area (Å²) in [6.07, 6.45) is 8.78. The summed E-state index contributed by atoms with van der Waals surface area (Å²) in [5, 5.41) is 0. The summed E-state index contributed by atoms with van der Waals surface area (Å²) >= 11 is 0. The van der Waals surface area contributed by atoms with Gasteiger partial charge in [-0.25, -0.2) is 0 Å². The SMILES string of the molecule is CC(C)N1COC2=C(C=CC(C)(C)C=C2)C1. The molecule has 0 bridgehead atoms. The summed E-state index contributed by atoms with van der Waals surface area (Å²) in [6.45, 7) is 10.5. The third-order valence-electron chi connectivity index (χ3n) is 3.18. The fourth-order valence-electron chi connectivity index (χ4n) is 1.87. The molecule has 0 fully saturated rings. The molecule has 0 amide bonds. The normalized spacial score (nSPS) is 24.3. The van der Waals surface area contributed by atoms with Gasteiger partial charge in [-0.2, -0.15) is 0 Å². The molecule has 0 saturated carbocycles. The minimum absolute atomic E-state index is 0.128. The van der Waals surface area contributed by atoms with Crippen LogP contribution in [0.1, 0.15) is 27.7 Å². The first-order chi connectivity index (χ1) is 7.48. The van der Waals surface area contributed by atoms with Gasteiger partial charge in [0.05, 0.1) is 0 Å². The Bertz CT molecular complexity index is 361. The van der Waals surface area contributed by atoms with Gasteiger partial charge in [-0.3, -0.25) is 4.90 Å². The molecule has 0 saturated heterocycles. The predicted molar refractivity (Wildman–Crippen MR) is 66.9 cm³/mol. The second-order valence-corrected chi connectivity index (χ2v) is 5.49. The molecule has 0 atom stereocenters. The Morgan fingerprint density at radius 3 is 2.62 bits per heavy atom. The van der Waals surface area contributed by atoms with Gasteiger partial charge in [0, 0.05) is 23.6 Å². The van der Waals surface area contributed by atoms with Crippen LogP contribution in [0.4, 0.5) is 0 Å². The molecule has 1 heterocycles. The van der Waals surface area contributed by atoms with Crippen LogP contribution in [0.2, 0.25) is 0 Å². The van der Waals surface area contributed by atoms with Crippen LogP contribution in [-0.4, -0.2) is 24.2 Å². The van der Waals surface area contributed by atoms with Crippen LogP contribution in [0.3, 0.4) is 0 Å². The highest BCUT2D eigenvalue weighted by Gasteiger charge is 2.22. The highest BCUT2D eigenvalue weighted by molar-refractivity contribution is 5.37. The Morgan fingerprint density at radius 2 is 1.94 bits per heavy atom. The van der Waals surface area contributed by atoms with E-state index in [4.69, 9.17) is 4.74 Å². The van der Waals surface area contributed by atoms with E-state index in [1.807, 2.05) is 0 Å². The van der Waals surface area contributed by atoms with E-state index in [2.05, 4.69) is 56.9 Å². The molecule has 16 heavy (non-hydrogen) atoms. The number of allylic oxidation sites excluding steroid dienone is 3. The molecule has 0 N–H and O–H groups in total. The van der Waals surface area contributed by atoms with Crippen LogP contribution in [0.15, 0.2) is 35.6 Å². The maximum atomic E-state index is 5.80. The van der Waals surface area contributed by atoms with E-state index in [9.17, 15) is 0 Å². The highest BCUT2D eigenvalue weighted by atomic mass is 16.5. The van der Waals surface area contributed by atoms with E-state index in [-0.39, 0.29) is 5.41 Å². The number of hydrogen-bond donors (Lipinski definition) is 0. The van der Waals surface area contributed by atoms with Crippen molar-refractivity contribution in [2.45, 2.75) is 33.7 Å². The predicted octanol–water partition coefficient (Wildman–Crippen LogP) is 3.09. The molecular weight excluding hydrogens is 198 g/mol. The van der Waals surface area contributed by atoms with Crippen LogP contribution >= 0.6 is 0 Å². The lowest BCUT2D eigenvalue weighted by Gasteiger charge is -2.31. The lowest BCUT2D eigenvalue weighted by Crippen LogP contribution is -2.37. The molecule has 0 spiro atoms. The third kappa shape index (κ3) is 2.38. The fraction of sp³-hybridized carbons (Fsp3) is 0.571. The van der Waals surface area contributed by atoms with E-state index in [0.29, 0.717) is 12.8 Å². The topological polar surface area (TPSA) is 12.5 Å². The molecule has 0 radical (unpaired) electrons. The first-order valence-corrected chi connectivity index (χ1v) is 5.96. The lowest BCUT2D eigenvalue weighted by molar-refractivity contribution is 0.0441. The van der Waals surface area contributed by atoms with E-state index < -0.39 is 0 Å². The molecule has 1 aliphatic carbocycles. The largest absolute Gasteiger partial charge is 0.478 e. The average Bonchev–Trinajstić information content (AvgIpc) is 2.38. The van der Waals surface area contributed by atoms with Gasteiger partial charge in [-0.05, 0) is 19.9 Å². The van der Waals surface area contributed by atoms with Crippen molar-refractivity contribution < 1.29 is 4.74 Å². The van der Waals surface area contributed by atoms with Gasteiger partial charge in [0.1, 0.15) is 12.5 Å². The molecule has 0 unspecified atom stereocenters. The lowest BCUT2D eigenvalue weighted by atomic mass is 9.93. The summed E-state index contributed by atoms with van der Waals surface area (Å²) in [5.41, 5.74) is 1.42. The summed E-state index contributed by atoms with van der Waals surface area (Å²) in [7, 11) is 0. The van der Waals surface area contributed by atoms with Crippen molar-refractivity contribution in [2.75, 3.05) is 13.3 Å². The van der Waals surface area contributed by atoms with Gasteiger partial charge >= 0.3 is 0 Å². The van der Waals surface area contributed by atoms with Crippen LogP contribution in [-0.2, 0) is 4.74 Å². The Kier molecular flexibility index (Phi) is 2.94. The summed E-state index contributed by atoms with van der Waals surface area (Å²) in [6, 6.07) is 0.530. The minimum atomic E-state index is 0.128. The van der Waals surface area contributed by atoms with Crippen molar-refractivity contribution in [3.8, 4) is 0 Å². The first kappa shape index (κ1) is 11.5. The molecule has 0 aromatic rings. The number of hydrogen-bond acceptors (Lipinski definition) is 2. The van der Waals surface area contributed by atoms with Gasteiger partial charge < -0.3 is 4.74 Å². The first-order valence-electron chi connectivity index (χ1n) is 5.96. The smallest absolute Gasteiger partial charge is 0.142 e. The Labute approximate surface area is 98.3 Å². The number of rotatable bonds is 1. The highest BCUT2D eigenvalue weighted by Crippen LogP contribution is 2.28. The van der Waals surface area contributed by atoms with E-state index >= 15 is 0 Å². The zero-order valence-corrected chi connectivity index (χ0v) is 10.7. The number of nitrogens with zero attached hydrogens (tertiary/aromatic N) is 1. The molecule has 2 nitrogen and oxygen atoms in total. The summed E-state index contributed by atoms with van der Waals surface area (Å²) < 4.78 is 5.80. The standard InChI is InChI=1S/C14H21NO/c1-11(2)15-9-12-5-7-14(3,4)8-6-13(12)16-10-15/h5-8,11H,9-10H2,1-4H3. The summed E-state index contributed by atoms with van der Waals surface area (Å²) in [5.74, 6) is 1.04. The minimum Gasteiger partial charge on any atom is -0.478 e. The molecule has 88 valence electrons. The van der Waals surface area contributed by atoms with Gasteiger partial charge in [0.2, 0.25) is 0 Å². The molecule has 2 aliphatic rings. The van der Waals surface area contributed by atoms with Crippen molar-refractivity contribution in [3.05, 3.63) is 35.6 Å². The monoisotopic (exact) mass is 219 g/mol. The Morgan fingerprint density at radius 1 is 1.25 bits per heavy atom. The van der Waals surface area contributed by atoms with E-state index in [1.54, 1.807) is 0 Å². The number of ether oxygens (including phenoxy) is 1. The van der Waals surface area contributed by atoms with Crippen molar-refractivity contribution in [1.29, 1.82) is 0 Å².